The number of hydrogen-bond acceptors (Lipinski definition) is 3. The summed E-state index contributed by atoms with van der Waals surface area (Å²) in [5.74, 6) is 0. The third kappa shape index (κ3) is 1.53. The molecule has 3 aromatic rings. The highest BCUT2D eigenvalue weighted by atomic mass is 16.6. The maximum atomic E-state index is 11.1. The zero-order valence-corrected chi connectivity index (χ0v) is 9.33. The Morgan fingerprint density at radius 1 is 1.06 bits per heavy atom. The smallest absolute Gasteiger partial charge is 0.277 e. The first-order valence-corrected chi connectivity index (χ1v) is 5.44. The van der Waals surface area contributed by atoms with Gasteiger partial charge in [0.25, 0.3) is 5.69 Å². The van der Waals surface area contributed by atoms with Crippen LogP contribution in [-0.2, 0) is 0 Å². The van der Waals surface area contributed by atoms with E-state index in [4.69, 9.17) is 0 Å². The summed E-state index contributed by atoms with van der Waals surface area (Å²) >= 11 is 0. The van der Waals surface area contributed by atoms with Crippen molar-refractivity contribution in [3.63, 3.8) is 0 Å². The number of hydrogen-bond donors (Lipinski definition) is 1. The number of aromatic amines is 1. The number of non-ortho nitro benzene ring substituents is 1. The molecular weight excluding hydrogens is 230 g/mol. The quantitative estimate of drug-likeness (QED) is 0.551. The van der Waals surface area contributed by atoms with Gasteiger partial charge in [0.05, 0.1) is 10.4 Å². The minimum atomic E-state index is -0.385. The summed E-state index contributed by atoms with van der Waals surface area (Å²) in [4.78, 5) is 10.7. The monoisotopic (exact) mass is 239 g/mol. The van der Waals surface area contributed by atoms with Gasteiger partial charge in [-0.05, 0) is 6.07 Å². The van der Waals surface area contributed by atoms with E-state index in [1.165, 1.54) is 6.07 Å². The molecule has 1 N–H and O–H groups in total. The standard InChI is InChI=1S/C13H9N3O2/c17-16(18)11-8-4-7-10-12(11)13(15-14-10)9-5-2-1-3-6-9/h1-8H,(H,14,15). The van der Waals surface area contributed by atoms with E-state index in [-0.39, 0.29) is 10.6 Å². The molecule has 0 saturated heterocycles. The fourth-order valence-corrected chi connectivity index (χ4v) is 2.01. The van der Waals surface area contributed by atoms with Gasteiger partial charge < -0.3 is 0 Å². The van der Waals surface area contributed by atoms with Crippen molar-refractivity contribution in [2.75, 3.05) is 0 Å². The Hall–Kier alpha value is -2.69. The Labute approximate surface area is 102 Å². The number of nitro benzene ring substituents is 1. The number of rotatable bonds is 2. The molecule has 0 radical (unpaired) electrons. The van der Waals surface area contributed by atoms with Crippen molar-refractivity contribution in [3.05, 3.63) is 58.6 Å². The van der Waals surface area contributed by atoms with Crippen LogP contribution in [-0.4, -0.2) is 15.1 Å². The van der Waals surface area contributed by atoms with Gasteiger partial charge in [-0.1, -0.05) is 36.4 Å². The van der Waals surface area contributed by atoms with E-state index in [9.17, 15) is 10.1 Å². The number of nitrogens with zero attached hydrogens (tertiary/aromatic N) is 2. The first-order valence-electron chi connectivity index (χ1n) is 5.44. The molecule has 0 bridgehead atoms. The molecule has 0 atom stereocenters. The fraction of sp³-hybridized carbons (Fsp3) is 0. The van der Waals surface area contributed by atoms with Crippen molar-refractivity contribution in [1.29, 1.82) is 0 Å². The molecule has 5 nitrogen and oxygen atoms in total. The van der Waals surface area contributed by atoms with Gasteiger partial charge in [-0.2, -0.15) is 5.10 Å². The Kier molecular flexibility index (Phi) is 2.30. The van der Waals surface area contributed by atoms with E-state index in [0.29, 0.717) is 16.6 Å². The van der Waals surface area contributed by atoms with Crippen LogP contribution in [0, 0.1) is 10.1 Å². The summed E-state index contributed by atoms with van der Waals surface area (Å²) in [5, 5.41) is 18.6. The third-order valence-corrected chi connectivity index (χ3v) is 2.81. The van der Waals surface area contributed by atoms with Crippen LogP contribution < -0.4 is 0 Å². The summed E-state index contributed by atoms with van der Waals surface area (Å²) in [5.41, 5.74) is 2.21. The van der Waals surface area contributed by atoms with Gasteiger partial charge in [0.2, 0.25) is 0 Å². The van der Waals surface area contributed by atoms with Crippen molar-refractivity contribution in [3.8, 4) is 11.3 Å². The summed E-state index contributed by atoms with van der Waals surface area (Å²) in [6.07, 6.45) is 0. The van der Waals surface area contributed by atoms with Crippen LogP contribution >= 0.6 is 0 Å². The molecule has 0 amide bonds. The van der Waals surface area contributed by atoms with Crippen LogP contribution in [0.25, 0.3) is 22.2 Å². The SMILES string of the molecule is O=[N+]([O-])c1cccc2[nH]nc(-c3ccccc3)c12. The second kappa shape index (κ2) is 3.96. The molecule has 18 heavy (non-hydrogen) atoms. The lowest BCUT2D eigenvalue weighted by Crippen LogP contribution is -1.89. The number of fused-ring (bicyclic) bond motifs is 1. The van der Waals surface area contributed by atoms with E-state index in [1.807, 2.05) is 30.3 Å². The Balaban J connectivity index is 2.35. The predicted molar refractivity (Wildman–Crippen MR) is 68.2 cm³/mol. The van der Waals surface area contributed by atoms with Gasteiger partial charge in [0.15, 0.2) is 0 Å². The molecule has 3 rings (SSSR count). The average Bonchev–Trinajstić information content (AvgIpc) is 2.83. The van der Waals surface area contributed by atoms with Crippen molar-refractivity contribution < 1.29 is 4.92 Å². The maximum Gasteiger partial charge on any atom is 0.281 e. The van der Waals surface area contributed by atoms with Crippen LogP contribution in [0.2, 0.25) is 0 Å². The molecule has 0 aliphatic heterocycles. The number of benzene rings is 2. The van der Waals surface area contributed by atoms with Crippen molar-refractivity contribution in [1.82, 2.24) is 10.2 Å². The Morgan fingerprint density at radius 2 is 1.83 bits per heavy atom. The minimum Gasteiger partial charge on any atom is -0.277 e. The number of H-pyrrole nitrogens is 1. The van der Waals surface area contributed by atoms with Crippen LogP contribution in [0.4, 0.5) is 5.69 Å². The third-order valence-electron chi connectivity index (χ3n) is 2.81. The first-order chi connectivity index (χ1) is 8.77. The van der Waals surface area contributed by atoms with E-state index in [1.54, 1.807) is 12.1 Å². The van der Waals surface area contributed by atoms with Gasteiger partial charge in [-0.15, -0.1) is 0 Å². The van der Waals surface area contributed by atoms with Gasteiger partial charge in [0, 0.05) is 11.6 Å². The molecule has 0 unspecified atom stereocenters. The molecule has 0 spiro atoms. The summed E-state index contributed by atoms with van der Waals surface area (Å²) < 4.78 is 0. The van der Waals surface area contributed by atoms with Crippen LogP contribution in [0.3, 0.4) is 0 Å². The van der Waals surface area contributed by atoms with Gasteiger partial charge in [0.1, 0.15) is 11.1 Å². The van der Waals surface area contributed by atoms with Gasteiger partial charge in [-0.25, -0.2) is 0 Å². The summed E-state index contributed by atoms with van der Waals surface area (Å²) in [7, 11) is 0. The zero-order valence-electron chi connectivity index (χ0n) is 9.33. The Morgan fingerprint density at radius 3 is 2.56 bits per heavy atom. The van der Waals surface area contributed by atoms with Crippen molar-refractivity contribution in [2.24, 2.45) is 0 Å². The zero-order chi connectivity index (χ0) is 12.5. The molecule has 1 aromatic heterocycles. The molecular formula is C13H9N3O2. The normalized spacial score (nSPS) is 10.7. The molecule has 5 heteroatoms. The summed E-state index contributed by atoms with van der Waals surface area (Å²) in [6, 6.07) is 14.3. The number of aromatic nitrogens is 2. The second-order valence-corrected chi connectivity index (χ2v) is 3.90. The first kappa shape index (κ1) is 10.5. The summed E-state index contributed by atoms with van der Waals surface area (Å²) in [6.45, 7) is 0. The Bertz CT molecular complexity index is 719. The van der Waals surface area contributed by atoms with Crippen molar-refractivity contribution >= 4 is 16.6 Å². The predicted octanol–water partition coefficient (Wildman–Crippen LogP) is 3.14. The minimum absolute atomic E-state index is 0.0695. The molecule has 88 valence electrons. The molecule has 0 aliphatic rings. The molecule has 0 saturated carbocycles. The van der Waals surface area contributed by atoms with E-state index in [0.717, 1.165) is 5.56 Å². The largest absolute Gasteiger partial charge is 0.281 e. The van der Waals surface area contributed by atoms with E-state index < -0.39 is 0 Å². The molecule has 2 aromatic carbocycles. The van der Waals surface area contributed by atoms with E-state index in [2.05, 4.69) is 10.2 Å². The van der Waals surface area contributed by atoms with E-state index >= 15 is 0 Å². The highest BCUT2D eigenvalue weighted by Gasteiger charge is 2.18. The molecule has 1 heterocycles. The highest BCUT2D eigenvalue weighted by Crippen LogP contribution is 2.32. The average molecular weight is 239 g/mol. The topological polar surface area (TPSA) is 71.8 Å². The maximum absolute atomic E-state index is 11.1. The van der Waals surface area contributed by atoms with Crippen LogP contribution in [0.1, 0.15) is 0 Å². The van der Waals surface area contributed by atoms with Crippen LogP contribution in [0.15, 0.2) is 48.5 Å². The van der Waals surface area contributed by atoms with Gasteiger partial charge >= 0.3 is 0 Å². The van der Waals surface area contributed by atoms with Gasteiger partial charge in [-0.3, -0.25) is 15.2 Å². The lowest BCUT2D eigenvalue weighted by Gasteiger charge is -1.98. The second-order valence-electron chi connectivity index (χ2n) is 3.90. The molecule has 0 aliphatic carbocycles. The lowest BCUT2D eigenvalue weighted by atomic mass is 10.1. The van der Waals surface area contributed by atoms with Crippen LogP contribution in [0.5, 0.6) is 0 Å². The highest BCUT2D eigenvalue weighted by molar-refractivity contribution is 5.99. The lowest BCUT2D eigenvalue weighted by molar-refractivity contribution is -0.383. The fourth-order valence-electron chi connectivity index (χ4n) is 2.01. The number of nitro groups is 1. The van der Waals surface area contributed by atoms with Crippen molar-refractivity contribution in [2.45, 2.75) is 0 Å². The number of nitrogens with one attached hydrogen (secondary N) is 1. The molecule has 0 fully saturated rings.